The molecule has 0 aliphatic carbocycles. The van der Waals surface area contributed by atoms with Gasteiger partial charge >= 0.3 is 5.97 Å². The van der Waals surface area contributed by atoms with E-state index in [2.05, 4.69) is 0 Å². The second kappa shape index (κ2) is 4.96. The Morgan fingerprint density at radius 2 is 1.85 bits per heavy atom. The maximum Gasteiger partial charge on any atom is 0.326 e. The Balaban J connectivity index is 1.94. The maximum absolute atomic E-state index is 12.5. The van der Waals surface area contributed by atoms with E-state index < -0.39 is 12.0 Å². The molecule has 1 unspecified atom stereocenters. The molecule has 1 atom stereocenters. The number of carbonyl (C=O) groups excluding carboxylic acids is 1. The smallest absolute Gasteiger partial charge is 0.326 e. The quantitative estimate of drug-likeness (QED) is 0.911. The summed E-state index contributed by atoms with van der Waals surface area (Å²) in [4.78, 5) is 25.1. The van der Waals surface area contributed by atoms with Crippen LogP contribution in [0.4, 0.5) is 0 Å². The van der Waals surface area contributed by atoms with Gasteiger partial charge in [-0.25, -0.2) is 4.79 Å². The van der Waals surface area contributed by atoms with Crippen molar-refractivity contribution in [3.8, 4) is 0 Å². The first-order valence-corrected chi connectivity index (χ1v) is 6.69. The number of likely N-dealkylation sites (tertiary alicyclic amines) is 1. The fourth-order valence-electron chi connectivity index (χ4n) is 2.75. The van der Waals surface area contributed by atoms with E-state index in [9.17, 15) is 9.59 Å². The topological polar surface area (TPSA) is 57.6 Å². The van der Waals surface area contributed by atoms with Gasteiger partial charge in [0.1, 0.15) is 6.04 Å². The number of nitrogens with zero attached hydrogens (tertiary/aromatic N) is 1. The third-order valence-electron chi connectivity index (χ3n) is 3.80. The Hall–Kier alpha value is -2.36. The molecule has 0 aromatic heterocycles. The van der Waals surface area contributed by atoms with Gasteiger partial charge < -0.3 is 10.0 Å². The average molecular weight is 269 g/mol. The van der Waals surface area contributed by atoms with Crippen LogP contribution in [0.2, 0.25) is 0 Å². The Bertz CT molecular complexity index is 680. The van der Waals surface area contributed by atoms with Crippen LogP contribution in [-0.4, -0.2) is 34.5 Å². The Kier molecular flexibility index (Phi) is 3.14. The molecule has 2 aromatic carbocycles. The number of hydrogen-bond donors (Lipinski definition) is 1. The summed E-state index contributed by atoms with van der Waals surface area (Å²) in [7, 11) is 0. The number of benzene rings is 2. The molecular weight excluding hydrogens is 254 g/mol. The monoisotopic (exact) mass is 269 g/mol. The minimum absolute atomic E-state index is 0.194. The van der Waals surface area contributed by atoms with Crippen LogP contribution in [0.3, 0.4) is 0 Å². The van der Waals surface area contributed by atoms with E-state index in [1.54, 1.807) is 6.07 Å². The molecule has 1 N–H and O–H groups in total. The predicted molar refractivity (Wildman–Crippen MR) is 75.6 cm³/mol. The van der Waals surface area contributed by atoms with E-state index in [0.717, 1.165) is 17.2 Å². The number of amides is 1. The zero-order valence-electron chi connectivity index (χ0n) is 11.0. The van der Waals surface area contributed by atoms with E-state index in [1.165, 1.54) is 4.90 Å². The summed E-state index contributed by atoms with van der Waals surface area (Å²) in [5.74, 6) is -1.11. The second-order valence-corrected chi connectivity index (χ2v) is 5.06. The van der Waals surface area contributed by atoms with Gasteiger partial charge in [0.15, 0.2) is 0 Å². The molecule has 20 heavy (non-hydrogen) atoms. The Labute approximate surface area is 116 Å². The molecule has 102 valence electrons. The molecule has 1 heterocycles. The predicted octanol–water partition coefficient (Wildman–Crippen LogP) is 2.53. The SMILES string of the molecule is O=C(O)C1CCCN1C(=O)c1ccc2ccccc2c1. The minimum atomic E-state index is -0.920. The fourth-order valence-corrected chi connectivity index (χ4v) is 2.75. The van der Waals surface area contributed by atoms with E-state index in [1.807, 2.05) is 36.4 Å². The standard InChI is InChI=1S/C16H15NO3/c18-15(17-9-3-6-14(17)16(19)20)13-8-7-11-4-1-2-5-12(11)10-13/h1-2,4-5,7-8,10,14H,3,6,9H2,(H,19,20). The van der Waals surface area contributed by atoms with Crippen LogP contribution in [0.5, 0.6) is 0 Å². The molecule has 4 nitrogen and oxygen atoms in total. The zero-order valence-corrected chi connectivity index (χ0v) is 11.0. The minimum Gasteiger partial charge on any atom is -0.480 e. The van der Waals surface area contributed by atoms with Crippen molar-refractivity contribution in [1.29, 1.82) is 0 Å². The van der Waals surface area contributed by atoms with Gasteiger partial charge in [0.05, 0.1) is 0 Å². The molecule has 0 bridgehead atoms. The first kappa shape index (κ1) is 12.7. The number of carboxylic acid groups (broad SMARTS) is 1. The summed E-state index contributed by atoms with van der Waals surface area (Å²) in [5, 5.41) is 11.2. The molecule has 1 aliphatic rings. The van der Waals surface area contributed by atoms with Crippen molar-refractivity contribution >= 4 is 22.6 Å². The lowest BCUT2D eigenvalue weighted by atomic mass is 10.1. The largest absolute Gasteiger partial charge is 0.480 e. The molecule has 0 saturated carbocycles. The van der Waals surface area contributed by atoms with Crippen LogP contribution in [0, 0.1) is 0 Å². The summed E-state index contributed by atoms with van der Waals surface area (Å²) in [5.41, 5.74) is 0.553. The van der Waals surface area contributed by atoms with Gasteiger partial charge in [-0.1, -0.05) is 30.3 Å². The number of rotatable bonds is 2. The van der Waals surface area contributed by atoms with Crippen LogP contribution < -0.4 is 0 Å². The van der Waals surface area contributed by atoms with E-state index in [-0.39, 0.29) is 5.91 Å². The number of fused-ring (bicyclic) bond motifs is 1. The summed E-state index contributed by atoms with van der Waals surface area (Å²) >= 11 is 0. The van der Waals surface area contributed by atoms with Crippen molar-refractivity contribution in [2.45, 2.75) is 18.9 Å². The van der Waals surface area contributed by atoms with Crippen LogP contribution in [0.15, 0.2) is 42.5 Å². The normalized spacial score (nSPS) is 18.4. The lowest BCUT2D eigenvalue weighted by Crippen LogP contribution is -2.40. The van der Waals surface area contributed by atoms with Crippen molar-refractivity contribution < 1.29 is 14.7 Å². The van der Waals surface area contributed by atoms with Crippen LogP contribution in [0.25, 0.3) is 10.8 Å². The number of aliphatic carboxylic acids is 1. The second-order valence-electron chi connectivity index (χ2n) is 5.06. The van der Waals surface area contributed by atoms with Gasteiger partial charge in [-0.2, -0.15) is 0 Å². The van der Waals surface area contributed by atoms with Crippen molar-refractivity contribution in [2.24, 2.45) is 0 Å². The highest BCUT2D eigenvalue weighted by molar-refractivity contribution is 6.00. The molecule has 1 amide bonds. The van der Waals surface area contributed by atoms with Gasteiger partial charge in [-0.15, -0.1) is 0 Å². The molecule has 1 aliphatic heterocycles. The summed E-state index contributed by atoms with van der Waals surface area (Å²) < 4.78 is 0. The molecule has 4 heteroatoms. The molecule has 1 saturated heterocycles. The lowest BCUT2D eigenvalue weighted by Gasteiger charge is -2.21. The van der Waals surface area contributed by atoms with Gasteiger partial charge in [0.25, 0.3) is 5.91 Å². The fraction of sp³-hybridized carbons (Fsp3) is 0.250. The number of hydrogen-bond acceptors (Lipinski definition) is 2. The van der Waals surface area contributed by atoms with Crippen molar-refractivity contribution in [3.05, 3.63) is 48.0 Å². The van der Waals surface area contributed by atoms with Gasteiger partial charge in [0.2, 0.25) is 0 Å². The molecular formula is C16H15NO3. The van der Waals surface area contributed by atoms with Gasteiger partial charge in [-0.3, -0.25) is 4.79 Å². The van der Waals surface area contributed by atoms with Crippen molar-refractivity contribution in [2.75, 3.05) is 6.54 Å². The summed E-state index contributed by atoms with van der Waals surface area (Å²) in [6.45, 7) is 0.516. The summed E-state index contributed by atoms with van der Waals surface area (Å²) in [6, 6.07) is 12.6. The van der Waals surface area contributed by atoms with Gasteiger partial charge in [-0.05, 0) is 35.7 Å². The highest BCUT2D eigenvalue weighted by Gasteiger charge is 2.34. The number of carboxylic acids is 1. The van der Waals surface area contributed by atoms with Crippen LogP contribution >= 0.6 is 0 Å². The van der Waals surface area contributed by atoms with E-state index in [0.29, 0.717) is 18.5 Å². The molecule has 3 rings (SSSR count). The first-order chi connectivity index (χ1) is 9.66. The first-order valence-electron chi connectivity index (χ1n) is 6.69. The highest BCUT2D eigenvalue weighted by Crippen LogP contribution is 2.22. The third kappa shape index (κ3) is 2.13. The van der Waals surface area contributed by atoms with E-state index in [4.69, 9.17) is 5.11 Å². The molecule has 0 radical (unpaired) electrons. The molecule has 1 fully saturated rings. The third-order valence-corrected chi connectivity index (χ3v) is 3.80. The molecule has 2 aromatic rings. The highest BCUT2D eigenvalue weighted by atomic mass is 16.4. The van der Waals surface area contributed by atoms with Crippen LogP contribution in [-0.2, 0) is 4.79 Å². The summed E-state index contributed by atoms with van der Waals surface area (Å²) in [6.07, 6.45) is 1.28. The zero-order chi connectivity index (χ0) is 14.1. The van der Waals surface area contributed by atoms with E-state index >= 15 is 0 Å². The Morgan fingerprint density at radius 1 is 1.10 bits per heavy atom. The van der Waals surface area contributed by atoms with Crippen LogP contribution in [0.1, 0.15) is 23.2 Å². The Morgan fingerprint density at radius 3 is 2.60 bits per heavy atom. The maximum atomic E-state index is 12.5. The van der Waals surface area contributed by atoms with Gasteiger partial charge in [0, 0.05) is 12.1 Å². The van der Waals surface area contributed by atoms with Crippen molar-refractivity contribution in [1.82, 2.24) is 4.90 Å². The molecule has 0 spiro atoms. The van der Waals surface area contributed by atoms with Crippen molar-refractivity contribution in [3.63, 3.8) is 0 Å². The number of carbonyl (C=O) groups is 2. The average Bonchev–Trinajstić information content (AvgIpc) is 2.95. The lowest BCUT2D eigenvalue weighted by molar-refractivity contribution is -0.141.